The first-order valence-electron chi connectivity index (χ1n) is 8.73. The van der Waals surface area contributed by atoms with Crippen molar-refractivity contribution >= 4 is 17.6 Å². The van der Waals surface area contributed by atoms with E-state index in [0.29, 0.717) is 17.4 Å². The molecule has 5 nitrogen and oxygen atoms in total. The first kappa shape index (κ1) is 19.5. The van der Waals surface area contributed by atoms with Crippen molar-refractivity contribution < 1.29 is 14.3 Å². The third-order valence-corrected chi connectivity index (χ3v) is 4.10. The molecule has 0 aromatic heterocycles. The lowest BCUT2D eigenvalue weighted by Crippen LogP contribution is -2.36. The highest BCUT2D eigenvalue weighted by molar-refractivity contribution is 6.03. The second-order valence-electron chi connectivity index (χ2n) is 6.73. The Hall–Kier alpha value is -2.82. The number of amides is 3. The summed E-state index contributed by atoms with van der Waals surface area (Å²) in [5, 5.41) is 5.02. The minimum Gasteiger partial charge on any atom is -0.497 e. The molecule has 5 heteroatoms. The van der Waals surface area contributed by atoms with Crippen molar-refractivity contribution in [3.05, 3.63) is 59.7 Å². The van der Waals surface area contributed by atoms with Gasteiger partial charge in [-0.1, -0.05) is 38.1 Å². The van der Waals surface area contributed by atoms with Crippen LogP contribution in [0.1, 0.15) is 37.8 Å². The number of urea groups is 1. The molecule has 138 valence electrons. The predicted molar refractivity (Wildman–Crippen MR) is 104 cm³/mol. The Morgan fingerprint density at radius 1 is 0.962 bits per heavy atom. The summed E-state index contributed by atoms with van der Waals surface area (Å²) in [6.07, 6.45) is 1.01. The van der Waals surface area contributed by atoms with Gasteiger partial charge in [-0.25, -0.2) is 4.79 Å². The molecule has 0 spiro atoms. The summed E-state index contributed by atoms with van der Waals surface area (Å²) in [4.78, 5) is 24.3. The van der Waals surface area contributed by atoms with Gasteiger partial charge in [-0.05, 0) is 54.7 Å². The van der Waals surface area contributed by atoms with Crippen LogP contribution in [0.3, 0.4) is 0 Å². The van der Waals surface area contributed by atoms with Crippen LogP contribution in [-0.4, -0.2) is 19.0 Å². The third-order valence-electron chi connectivity index (χ3n) is 4.10. The Morgan fingerprint density at radius 3 is 2.12 bits per heavy atom. The highest BCUT2D eigenvalue weighted by atomic mass is 16.5. The molecule has 0 bridgehead atoms. The topological polar surface area (TPSA) is 67.4 Å². The minimum absolute atomic E-state index is 0.340. The molecular formula is C21H26N2O3. The van der Waals surface area contributed by atoms with E-state index in [9.17, 15) is 9.59 Å². The summed E-state index contributed by atoms with van der Waals surface area (Å²) >= 11 is 0. The SMILES string of the molecule is COc1ccc(NC(=O)NC(=O)[C@H](C)c2ccc(CC(C)C)cc2)cc1. The van der Waals surface area contributed by atoms with Crippen LogP contribution in [0.4, 0.5) is 10.5 Å². The van der Waals surface area contributed by atoms with E-state index in [0.717, 1.165) is 12.0 Å². The number of hydrogen-bond acceptors (Lipinski definition) is 3. The van der Waals surface area contributed by atoms with Crippen LogP contribution in [0.15, 0.2) is 48.5 Å². The van der Waals surface area contributed by atoms with E-state index >= 15 is 0 Å². The van der Waals surface area contributed by atoms with Gasteiger partial charge in [0, 0.05) is 5.69 Å². The Balaban J connectivity index is 1.91. The molecule has 0 aliphatic heterocycles. The number of carbonyl (C=O) groups excluding carboxylic acids is 2. The number of ether oxygens (including phenoxy) is 1. The highest BCUT2D eigenvalue weighted by Crippen LogP contribution is 2.18. The van der Waals surface area contributed by atoms with Crippen molar-refractivity contribution in [2.24, 2.45) is 5.92 Å². The molecule has 2 aromatic rings. The smallest absolute Gasteiger partial charge is 0.325 e. The van der Waals surface area contributed by atoms with Crippen LogP contribution in [0, 0.1) is 5.92 Å². The van der Waals surface area contributed by atoms with E-state index in [-0.39, 0.29) is 5.91 Å². The summed E-state index contributed by atoms with van der Waals surface area (Å²) in [6, 6.07) is 14.3. The number of hydrogen-bond donors (Lipinski definition) is 2. The van der Waals surface area contributed by atoms with Crippen LogP contribution < -0.4 is 15.4 Å². The molecular weight excluding hydrogens is 328 g/mol. The first-order chi connectivity index (χ1) is 12.4. The van der Waals surface area contributed by atoms with Gasteiger partial charge in [0.2, 0.25) is 5.91 Å². The van der Waals surface area contributed by atoms with Crippen LogP contribution >= 0.6 is 0 Å². The molecule has 0 unspecified atom stereocenters. The lowest BCUT2D eigenvalue weighted by Gasteiger charge is -2.13. The third kappa shape index (κ3) is 5.62. The zero-order valence-electron chi connectivity index (χ0n) is 15.7. The van der Waals surface area contributed by atoms with Gasteiger partial charge < -0.3 is 10.1 Å². The Morgan fingerprint density at radius 2 is 1.58 bits per heavy atom. The van der Waals surface area contributed by atoms with E-state index in [1.807, 2.05) is 24.3 Å². The Kier molecular flexibility index (Phi) is 6.78. The summed E-state index contributed by atoms with van der Waals surface area (Å²) < 4.78 is 5.07. The van der Waals surface area contributed by atoms with Crippen molar-refractivity contribution in [2.75, 3.05) is 12.4 Å². The Bertz CT molecular complexity index is 737. The highest BCUT2D eigenvalue weighted by Gasteiger charge is 2.18. The van der Waals surface area contributed by atoms with Crippen LogP contribution in [-0.2, 0) is 11.2 Å². The first-order valence-corrected chi connectivity index (χ1v) is 8.73. The summed E-state index contributed by atoms with van der Waals surface area (Å²) in [5.74, 6) is 0.530. The van der Waals surface area contributed by atoms with Gasteiger partial charge in [0.05, 0.1) is 13.0 Å². The maximum absolute atomic E-state index is 12.3. The van der Waals surface area contributed by atoms with E-state index in [1.165, 1.54) is 5.56 Å². The summed E-state index contributed by atoms with van der Waals surface area (Å²) in [7, 11) is 1.57. The predicted octanol–water partition coefficient (Wildman–Crippen LogP) is 4.35. The lowest BCUT2D eigenvalue weighted by atomic mass is 9.96. The number of nitrogens with one attached hydrogen (secondary N) is 2. The van der Waals surface area contributed by atoms with Crippen LogP contribution in [0.2, 0.25) is 0 Å². The number of rotatable bonds is 6. The maximum Gasteiger partial charge on any atom is 0.325 e. The summed E-state index contributed by atoms with van der Waals surface area (Å²) in [6.45, 7) is 6.13. The lowest BCUT2D eigenvalue weighted by molar-refractivity contribution is -0.121. The minimum atomic E-state index is -0.552. The number of imide groups is 1. The number of anilines is 1. The van der Waals surface area contributed by atoms with Crippen molar-refractivity contribution in [3.63, 3.8) is 0 Å². The zero-order valence-corrected chi connectivity index (χ0v) is 15.7. The number of benzene rings is 2. The normalized spacial score (nSPS) is 11.7. The van der Waals surface area contributed by atoms with Crippen molar-refractivity contribution in [1.82, 2.24) is 5.32 Å². The fourth-order valence-corrected chi connectivity index (χ4v) is 2.62. The molecule has 0 aliphatic rings. The van der Waals surface area contributed by atoms with Gasteiger partial charge in [-0.3, -0.25) is 10.1 Å². The monoisotopic (exact) mass is 354 g/mol. The van der Waals surface area contributed by atoms with Crippen molar-refractivity contribution in [3.8, 4) is 5.75 Å². The standard InChI is InChI=1S/C21H26N2O3/c1-14(2)13-16-5-7-17(8-6-16)15(3)20(24)23-21(25)22-18-9-11-19(26-4)12-10-18/h5-12,14-15H,13H2,1-4H3,(H2,22,23,24,25)/t15-/m1/s1. The van der Waals surface area contributed by atoms with Crippen molar-refractivity contribution in [1.29, 1.82) is 0 Å². The van der Waals surface area contributed by atoms with E-state index in [1.54, 1.807) is 38.3 Å². The molecule has 0 saturated carbocycles. The van der Waals surface area contributed by atoms with Gasteiger partial charge in [0.25, 0.3) is 0 Å². The van der Waals surface area contributed by atoms with Gasteiger partial charge in [0.1, 0.15) is 5.75 Å². The van der Waals surface area contributed by atoms with Crippen molar-refractivity contribution in [2.45, 2.75) is 33.1 Å². The average Bonchev–Trinajstić information content (AvgIpc) is 2.61. The second kappa shape index (κ2) is 9.04. The fourth-order valence-electron chi connectivity index (χ4n) is 2.62. The largest absolute Gasteiger partial charge is 0.497 e. The van der Waals surface area contributed by atoms with Crippen LogP contribution in [0.5, 0.6) is 5.75 Å². The molecule has 1 atom stereocenters. The van der Waals surface area contributed by atoms with E-state index < -0.39 is 11.9 Å². The molecule has 0 saturated heterocycles. The summed E-state index contributed by atoms with van der Waals surface area (Å²) in [5.41, 5.74) is 2.71. The van der Waals surface area contributed by atoms with Gasteiger partial charge in [0.15, 0.2) is 0 Å². The fraction of sp³-hybridized carbons (Fsp3) is 0.333. The molecule has 0 aliphatic carbocycles. The van der Waals surface area contributed by atoms with Gasteiger partial charge in [-0.15, -0.1) is 0 Å². The van der Waals surface area contributed by atoms with Gasteiger partial charge in [-0.2, -0.15) is 0 Å². The Labute approximate surface area is 154 Å². The zero-order chi connectivity index (χ0) is 19.1. The molecule has 2 N–H and O–H groups in total. The molecule has 26 heavy (non-hydrogen) atoms. The van der Waals surface area contributed by atoms with E-state index in [2.05, 4.69) is 24.5 Å². The average molecular weight is 354 g/mol. The van der Waals surface area contributed by atoms with E-state index in [4.69, 9.17) is 4.74 Å². The second-order valence-corrected chi connectivity index (χ2v) is 6.73. The molecule has 2 rings (SSSR count). The molecule has 0 heterocycles. The molecule has 0 fully saturated rings. The number of methoxy groups -OCH3 is 1. The molecule has 0 radical (unpaired) electrons. The van der Waals surface area contributed by atoms with Crippen LogP contribution in [0.25, 0.3) is 0 Å². The van der Waals surface area contributed by atoms with Gasteiger partial charge >= 0.3 is 6.03 Å². The quantitative estimate of drug-likeness (QED) is 0.810. The maximum atomic E-state index is 12.3. The number of carbonyl (C=O) groups is 2. The molecule has 2 aromatic carbocycles. The molecule has 3 amide bonds.